The van der Waals surface area contributed by atoms with Crippen molar-refractivity contribution in [2.24, 2.45) is 10.7 Å². The second-order valence-electron chi connectivity index (χ2n) is 3.60. The second-order valence-corrected chi connectivity index (χ2v) is 4.48. The Hall–Kier alpha value is -1.16. The van der Waals surface area contributed by atoms with Crippen molar-refractivity contribution in [2.75, 3.05) is 19.8 Å². The number of thioether (sulfide) groups is 1. The molecule has 0 bridgehead atoms. The van der Waals surface area contributed by atoms with Crippen LogP contribution >= 0.6 is 11.8 Å². The van der Waals surface area contributed by atoms with Crippen molar-refractivity contribution >= 4 is 17.7 Å². The van der Waals surface area contributed by atoms with E-state index in [1.54, 1.807) is 11.8 Å². The zero-order chi connectivity index (χ0) is 10.8. The van der Waals surface area contributed by atoms with Crippen LogP contribution < -0.4 is 5.73 Å². The minimum Gasteiger partial charge on any atom is -0.370 e. The van der Waals surface area contributed by atoms with Crippen LogP contribution in [-0.2, 0) is 0 Å². The highest BCUT2D eigenvalue weighted by Crippen LogP contribution is 2.25. The first-order valence-corrected chi connectivity index (χ1v) is 6.11. The lowest BCUT2D eigenvalue weighted by molar-refractivity contribution is 0.414. The summed E-state index contributed by atoms with van der Waals surface area (Å²) in [6.45, 7) is 0.765. The van der Waals surface area contributed by atoms with Crippen LogP contribution in [0.5, 0.6) is 0 Å². The molecule has 3 nitrogen and oxygen atoms in total. The Morgan fingerprint density at radius 1 is 1.40 bits per heavy atom. The molecule has 0 amide bonds. The second kappa shape index (κ2) is 4.14. The molecule has 1 aliphatic heterocycles. The van der Waals surface area contributed by atoms with Crippen LogP contribution in [0.4, 0.5) is 0 Å². The van der Waals surface area contributed by atoms with Gasteiger partial charge in [-0.2, -0.15) is 0 Å². The monoisotopic (exact) mass is 221 g/mol. The summed E-state index contributed by atoms with van der Waals surface area (Å²) in [6.07, 6.45) is 2.08. The number of rotatable bonds is 2. The number of likely N-dealkylation sites (N-methyl/N-ethyl adjacent to an activating group) is 1. The molecule has 1 heterocycles. The molecular weight excluding hydrogens is 206 g/mol. The molecule has 0 spiro atoms. The van der Waals surface area contributed by atoms with Crippen LogP contribution in [0.1, 0.15) is 11.6 Å². The van der Waals surface area contributed by atoms with Crippen molar-refractivity contribution in [2.45, 2.75) is 10.9 Å². The van der Waals surface area contributed by atoms with Gasteiger partial charge in [-0.1, -0.05) is 12.1 Å². The van der Waals surface area contributed by atoms with E-state index in [4.69, 9.17) is 5.73 Å². The summed E-state index contributed by atoms with van der Waals surface area (Å²) in [6, 6.07) is 8.90. The quantitative estimate of drug-likeness (QED) is 0.773. The minimum absolute atomic E-state index is 0.306. The van der Waals surface area contributed by atoms with Gasteiger partial charge in [0.25, 0.3) is 0 Å². The first-order valence-electron chi connectivity index (χ1n) is 4.89. The summed E-state index contributed by atoms with van der Waals surface area (Å²) in [5.41, 5.74) is 7.01. The molecule has 2 N–H and O–H groups in total. The molecular formula is C11H15N3S. The molecule has 0 aromatic heterocycles. The third-order valence-corrected chi connectivity index (χ3v) is 3.50. The largest absolute Gasteiger partial charge is 0.370 e. The van der Waals surface area contributed by atoms with Crippen LogP contribution in [0.3, 0.4) is 0 Å². The average molecular weight is 221 g/mol. The molecule has 0 saturated carbocycles. The molecule has 1 unspecified atom stereocenters. The number of aliphatic imine (C=N–C) groups is 1. The van der Waals surface area contributed by atoms with Gasteiger partial charge in [-0.05, 0) is 24.0 Å². The minimum atomic E-state index is 0.306. The van der Waals surface area contributed by atoms with E-state index in [-0.39, 0.29) is 0 Å². The van der Waals surface area contributed by atoms with Crippen molar-refractivity contribution in [3.63, 3.8) is 0 Å². The fourth-order valence-corrected chi connectivity index (χ4v) is 2.14. The first kappa shape index (κ1) is 10.4. The van der Waals surface area contributed by atoms with Gasteiger partial charge in [0.2, 0.25) is 0 Å². The van der Waals surface area contributed by atoms with E-state index in [0.717, 1.165) is 6.54 Å². The lowest BCUT2D eigenvalue weighted by atomic mass is 10.1. The Bertz CT molecular complexity index is 372. The number of nitrogens with zero attached hydrogens (tertiary/aromatic N) is 2. The maximum Gasteiger partial charge on any atom is 0.191 e. The van der Waals surface area contributed by atoms with Crippen molar-refractivity contribution in [3.8, 4) is 0 Å². The van der Waals surface area contributed by atoms with Crippen LogP contribution in [0, 0.1) is 0 Å². The molecule has 0 radical (unpaired) electrons. The van der Waals surface area contributed by atoms with E-state index in [1.807, 2.05) is 11.9 Å². The number of guanidine groups is 1. The standard InChI is InChI=1S/C11H15N3S/c1-14-10(7-13-11(14)12)8-3-5-9(15-2)6-4-8/h3-6,10H,7H2,1-2H3,(H2,12,13). The van der Waals surface area contributed by atoms with Crippen molar-refractivity contribution in [1.29, 1.82) is 0 Å². The molecule has 1 aromatic rings. The van der Waals surface area contributed by atoms with Gasteiger partial charge in [0, 0.05) is 11.9 Å². The highest BCUT2D eigenvalue weighted by Gasteiger charge is 2.23. The average Bonchev–Trinajstić information content (AvgIpc) is 2.60. The molecule has 0 fully saturated rings. The number of hydrogen-bond acceptors (Lipinski definition) is 4. The van der Waals surface area contributed by atoms with Crippen LogP contribution in [0.15, 0.2) is 34.2 Å². The highest BCUT2D eigenvalue weighted by molar-refractivity contribution is 7.98. The lowest BCUT2D eigenvalue weighted by Gasteiger charge is -2.21. The smallest absolute Gasteiger partial charge is 0.191 e. The van der Waals surface area contributed by atoms with Gasteiger partial charge in [0.15, 0.2) is 5.96 Å². The Balaban J connectivity index is 2.17. The van der Waals surface area contributed by atoms with E-state index in [0.29, 0.717) is 12.0 Å². The lowest BCUT2D eigenvalue weighted by Crippen LogP contribution is -2.32. The SMILES string of the molecule is CSc1ccc(C2CN=C(N)N2C)cc1. The molecule has 0 aliphatic carbocycles. The van der Waals surface area contributed by atoms with E-state index in [1.165, 1.54) is 10.5 Å². The van der Waals surface area contributed by atoms with Gasteiger partial charge < -0.3 is 10.6 Å². The Kier molecular flexibility index (Phi) is 2.86. The summed E-state index contributed by atoms with van der Waals surface area (Å²) in [5.74, 6) is 0.633. The van der Waals surface area contributed by atoms with Gasteiger partial charge >= 0.3 is 0 Å². The fourth-order valence-electron chi connectivity index (χ4n) is 1.73. The summed E-state index contributed by atoms with van der Waals surface area (Å²) >= 11 is 1.75. The maximum atomic E-state index is 5.73. The zero-order valence-electron chi connectivity index (χ0n) is 8.97. The summed E-state index contributed by atoms with van der Waals surface area (Å²) < 4.78 is 0. The molecule has 1 atom stereocenters. The molecule has 4 heteroatoms. The van der Waals surface area contributed by atoms with Gasteiger partial charge in [0.1, 0.15) is 0 Å². The number of benzene rings is 1. The number of nitrogens with two attached hydrogens (primary N) is 1. The van der Waals surface area contributed by atoms with E-state index in [2.05, 4.69) is 35.5 Å². The summed E-state index contributed by atoms with van der Waals surface area (Å²) in [4.78, 5) is 7.54. The molecule has 2 rings (SSSR count). The highest BCUT2D eigenvalue weighted by atomic mass is 32.2. The summed E-state index contributed by atoms with van der Waals surface area (Å²) in [7, 11) is 1.99. The Labute approximate surface area is 94.4 Å². The third-order valence-electron chi connectivity index (χ3n) is 2.76. The van der Waals surface area contributed by atoms with Gasteiger partial charge in [-0.15, -0.1) is 11.8 Å². The first-order chi connectivity index (χ1) is 7.22. The van der Waals surface area contributed by atoms with Crippen LogP contribution in [0.2, 0.25) is 0 Å². The van der Waals surface area contributed by atoms with Gasteiger partial charge in [-0.25, -0.2) is 0 Å². The Morgan fingerprint density at radius 2 is 2.07 bits per heavy atom. The third kappa shape index (κ3) is 1.95. The number of hydrogen-bond donors (Lipinski definition) is 1. The summed E-state index contributed by atoms with van der Waals surface area (Å²) in [5, 5.41) is 0. The normalized spacial score (nSPS) is 20.5. The van der Waals surface area contributed by atoms with Crippen molar-refractivity contribution in [1.82, 2.24) is 4.90 Å². The topological polar surface area (TPSA) is 41.6 Å². The molecule has 15 heavy (non-hydrogen) atoms. The van der Waals surface area contributed by atoms with Crippen molar-refractivity contribution in [3.05, 3.63) is 29.8 Å². The molecule has 1 aliphatic rings. The predicted molar refractivity (Wildman–Crippen MR) is 65.2 cm³/mol. The zero-order valence-corrected chi connectivity index (χ0v) is 9.79. The van der Waals surface area contributed by atoms with Crippen LogP contribution in [0.25, 0.3) is 0 Å². The predicted octanol–water partition coefficient (Wildman–Crippen LogP) is 1.71. The Morgan fingerprint density at radius 3 is 2.53 bits per heavy atom. The fraction of sp³-hybridized carbons (Fsp3) is 0.364. The molecule has 80 valence electrons. The van der Waals surface area contributed by atoms with E-state index >= 15 is 0 Å². The molecule has 1 aromatic carbocycles. The van der Waals surface area contributed by atoms with Gasteiger partial charge in [0.05, 0.1) is 12.6 Å². The van der Waals surface area contributed by atoms with E-state index < -0.39 is 0 Å². The molecule has 0 saturated heterocycles. The van der Waals surface area contributed by atoms with Crippen molar-refractivity contribution < 1.29 is 0 Å². The van der Waals surface area contributed by atoms with E-state index in [9.17, 15) is 0 Å². The maximum absolute atomic E-state index is 5.73. The van der Waals surface area contributed by atoms with Crippen LogP contribution in [-0.4, -0.2) is 30.7 Å². The van der Waals surface area contributed by atoms with Gasteiger partial charge in [-0.3, -0.25) is 4.99 Å².